The first-order valence-electron chi connectivity index (χ1n) is 4.05. The van der Waals surface area contributed by atoms with Crippen LogP contribution in [-0.4, -0.2) is 13.7 Å². The molecule has 1 atom stereocenters. The first kappa shape index (κ1) is 9.20. The van der Waals surface area contributed by atoms with E-state index in [4.69, 9.17) is 5.84 Å². The van der Waals surface area contributed by atoms with Gasteiger partial charge in [0.2, 0.25) is 0 Å². The highest BCUT2D eigenvalue weighted by Gasteiger charge is 2.14. The Kier molecular flexibility index (Phi) is 2.78. The third-order valence-electron chi connectivity index (χ3n) is 1.86. The molecule has 0 fully saturated rings. The summed E-state index contributed by atoms with van der Waals surface area (Å²) in [4.78, 5) is 4.02. The fourth-order valence-corrected chi connectivity index (χ4v) is 1.65. The van der Waals surface area contributed by atoms with Crippen molar-refractivity contribution in [2.45, 2.75) is 6.04 Å². The number of rotatable bonds is 3. The minimum absolute atomic E-state index is 0.137. The van der Waals surface area contributed by atoms with Crippen LogP contribution in [0.4, 0.5) is 0 Å². The number of aromatic nitrogens is 3. The highest BCUT2D eigenvalue weighted by molar-refractivity contribution is 6.99. The number of pyridine rings is 1. The largest absolute Gasteiger partial charge is 0.271 e. The molecule has 0 aliphatic heterocycles. The van der Waals surface area contributed by atoms with Gasteiger partial charge in [0.05, 0.1) is 29.7 Å². The quantitative estimate of drug-likeness (QED) is 0.565. The van der Waals surface area contributed by atoms with Crippen LogP contribution in [0.3, 0.4) is 0 Å². The van der Waals surface area contributed by atoms with Gasteiger partial charge >= 0.3 is 0 Å². The third-order valence-corrected chi connectivity index (χ3v) is 2.35. The average Bonchev–Trinajstić information content (AvgIpc) is 2.74. The minimum Gasteiger partial charge on any atom is -0.271 e. The van der Waals surface area contributed by atoms with E-state index < -0.39 is 0 Å². The zero-order valence-corrected chi connectivity index (χ0v) is 8.11. The van der Waals surface area contributed by atoms with Crippen LogP contribution in [0.2, 0.25) is 0 Å². The fraction of sp³-hybridized carbons (Fsp3) is 0.125. The molecule has 2 rings (SSSR count). The number of nitrogens with two attached hydrogens (primary N) is 1. The van der Waals surface area contributed by atoms with E-state index in [0.717, 1.165) is 23.0 Å². The molecule has 2 aromatic rings. The van der Waals surface area contributed by atoms with Gasteiger partial charge in [-0.25, -0.2) is 5.43 Å². The highest BCUT2D eigenvalue weighted by Crippen LogP contribution is 2.18. The molecule has 0 bridgehead atoms. The second kappa shape index (κ2) is 4.23. The Morgan fingerprint density at radius 1 is 1.43 bits per heavy atom. The molecule has 2 heterocycles. The summed E-state index contributed by atoms with van der Waals surface area (Å²) in [5.74, 6) is 5.46. The zero-order chi connectivity index (χ0) is 9.80. The highest BCUT2D eigenvalue weighted by atomic mass is 32.1. The van der Waals surface area contributed by atoms with Gasteiger partial charge in [0.1, 0.15) is 0 Å². The molecule has 0 aromatic carbocycles. The van der Waals surface area contributed by atoms with E-state index in [1.807, 2.05) is 12.1 Å². The first-order chi connectivity index (χ1) is 6.92. The van der Waals surface area contributed by atoms with Crippen molar-refractivity contribution >= 4 is 11.7 Å². The monoisotopic (exact) mass is 207 g/mol. The van der Waals surface area contributed by atoms with Gasteiger partial charge in [-0.2, -0.15) is 8.75 Å². The van der Waals surface area contributed by atoms with Crippen molar-refractivity contribution in [1.29, 1.82) is 0 Å². The summed E-state index contributed by atoms with van der Waals surface area (Å²) in [6.07, 6.45) is 5.17. The molecule has 0 saturated carbocycles. The lowest BCUT2D eigenvalue weighted by Crippen LogP contribution is -2.29. The Balaban J connectivity index is 2.31. The minimum atomic E-state index is -0.137. The molecular weight excluding hydrogens is 198 g/mol. The smallest absolute Gasteiger partial charge is 0.0971 e. The van der Waals surface area contributed by atoms with Gasteiger partial charge in [-0.1, -0.05) is 6.07 Å². The normalized spacial score (nSPS) is 12.6. The number of hydrogen-bond donors (Lipinski definition) is 2. The Labute approximate surface area is 85.3 Å². The molecule has 0 aliphatic rings. The molecule has 6 heteroatoms. The number of hydrogen-bond acceptors (Lipinski definition) is 6. The van der Waals surface area contributed by atoms with E-state index in [1.165, 1.54) is 0 Å². The lowest BCUT2D eigenvalue weighted by atomic mass is 10.1. The van der Waals surface area contributed by atoms with Gasteiger partial charge in [-0.15, -0.1) is 0 Å². The lowest BCUT2D eigenvalue weighted by Gasteiger charge is -2.12. The van der Waals surface area contributed by atoms with Gasteiger partial charge < -0.3 is 0 Å². The topological polar surface area (TPSA) is 76.7 Å². The SMILES string of the molecule is NNC(c1cccnc1)c1cnsn1. The molecule has 3 N–H and O–H groups in total. The molecule has 2 aromatic heterocycles. The molecule has 5 nitrogen and oxygen atoms in total. The Hall–Kier alpha value is -1.37. The maximum atomic E-state index is 5.46. The van der Waals surface area contributed by atoms with Crippen molar-refractivity contribution in [3.8, 4) is 0 Å². The summed E-state index contributed by atoms with van der Waals surface area (Å²) < 4.78 is 8.06. The van der Waals surface area contributed by atoms with Crippen LogP contribution >= 0.6 is 11.7 Å². The van der Waals surface area contributed by atoms with Gasteiger partial charge in [-0.05, 0) is 11.6 Å². The molecule has 1 unspecified atom stereocenters. The van der Waals surface area contributed by atoms with Gasteiger partial charge in [0.25, 0.3) is 0 Å². The predicted octanol–water partition coefficient (Wildman–Crippen LogP) is 0.486. The number of hydrazine groups is 1. The van der Waals surface area contributed by atoms with Crippen molar-refractivity contribution in [2.24, 2.45) is 5.84 Å². The van der Waals surface area contributed by atoms with E-state index in [0.29, 0.717) is 0 Å². The fourth-order valence-electron chi connectivity index (χ4n) is 1.20. The van der Waals surface area contributed by atoms with Crippen LogP contribution in [0.1, 0.15) is 17.3 Å². The van der Waals surface area contributed by atoms with Crippen LogP contribution in [0, 0.1) is 0 Å². The van der Waals surface area contributed by atoms with Crippen molar-refractivity contribution in [2.75, 3.05) is 0 Å². The molecule has 0 aliphatic carbocycles. The summed E-state index contributed by atoms with van der Waals surface area (Å²) in [6, 6.07) is 3.67. The van der Waals surface area contributed by atoms with Crippen molar-refractivity contribution in [3.63, 3.8) is 0 Å². The number of nitrogens with zero attached hydrogens (tertiary/aromatic N) is 3. The second-order valence-electron chi connectivity index (χ2n) is 2.72. The molecule has 72 valence electrons. The van der Waals surface area contributed by atoms with E-state index in [1.54, 1.807) is 18.6 Å². The van der Waals surface area contributed by atoms with Crippen molar-refractivity contribution in [1.82, 2.24) is 19.2 Å². The molecule has 0 spiro atoms. The molecule has 0 radical (unpaired) electrons. The maximum Gasteiger partial charge on any atom is 0.0971 e. The van der Waals surface area contributed by atoms with E-state index in [2.05, 4.69) is 19.2 Å². The molecule has 0 saturated heterocycles. The standard InChI is InChI=1S/C8H9N5S/c9-12-8(7-5-11-14-13-7)6-2-1-3-10-4-6/h1-5,8,12H,9H2. The molecular formula is C8H9N5S. The van der Waals surface area contributed by atoms with E-state index in [-0.39, 0.29) is 6.04 Å². The van der Waals surface area contributed by atoms with E-state index in [9.17, 15) is 0 Å². The third kappa shape index (κ3) is 1.77. The van der Waals surface area contributed by atoms with Crippen LogP contribution in [-0.2, 0) is 0 Å². The summed E-state index contributed by atoms with van der Waals surface area (Å²) >= 11 is 1.16. The van der Waals surface area contributed by atoms with Gasteiger partial charge in [0.15, 0.2) is 0 Å². The van der Waals surface area contributed by atoms with Crippen LogP contribution < -0.4 is 11.3 Å². The summed E-state index contributed by atoms with van der Waals surface area (Å²) in [6.45, 7) is 0. The van der Waals surface area contributed by atoms with Crippen molar-refractivity contribution in [3.05, 3.63) is 42.0 Å². The summed E-state index contributed by atoms with van der Waals surface area (Å²) in [7, 11) is 0. The first-order valence-corrected chi connectivity index (χ1v) is 4.78. The van der Waals surface area contributed by atoms with Crippen LogP contribution in [0.15, 0.2) is 30.7 Å². The van der Waals surface area contributed by atoms with Crippen LogP contribution in [0.25, 0.3) is 0 Å². The van der Waals surface area contributed by atoms with E-state index >= 15 is 0 Å². The Morgan fingerprint density at radius 2 is 2.36 bits per heavy atom. The zero-order valence-electron chi connectivity index (χ0n) is 7.29. The second-order valence-corrected chi connectivity index (χ2v) is 3.28. The van der Waals surface area contributed by atoms with Gasteiger partial charge in [-0.3, -0.25) is 10.8 Å². The Bertz CT molecular complexity index is 374. The van der Waals surface area contributed by atoms with Crippen LogP contribution in [0.5, 0.6) is 0 Å². The average molecular weight is 207 g/mol. The molecule has 0 amide bonds. The lowest BCUT2D eigenvalue weighted by molar-refractivity contribution is 0.623. The maximum absolute atomic E-state index is 5.46. The predicted molar refractivity (Wildman–Crippen MR) is 53.3 cm³/mol. The summed E-state index contributed by atoms with van der Waals surface area (Å²) in [5.41, 5.74) is 4.47. The molecule has 14 heavy (non-hydrogen) atoms. The summed E-state index contributed by atoms with van der Waals surface area (Å²) in [5, 5.41) is 0. The van der Waals surface area contributed by atoms with Crippen molar-refractivity contribution < 1.29 is 0 Å². The number of nitrogens with one attached hydrogen (secondary N) is 1. The van der Waals surface area contributed by atoms with Gasteiger partial charge in [0, 0.05) is 12.4 Å². The Morgan fingerprint density at radius 3 is 2.93 bits per heavy atom.